The third kappa shape index (κ3) is 2.79. The summed E-state index contributed by atoms with van der Waals surface area (Å²) in [4.78, 5) is 20.4. The van der Waals surface area contributed by atoms with Gasteiger partial charge in [0.15, 0.2) is 0 Å². The van der Waals surface area contributed by atoms with Gasteiger partial charge in [-0.1, -0.05) is 6.92 Å². The molecule has 0 fully saturated rings. The molecule has 5 nitrogen and oxygen atoms in total. The number of carbonyl (C=O) groups excluding carboxylic acids is 1. The number of hydrogen-bond acceptors (Lipinski definition) is 3. The summed E-state index contributed by atoms with van der Waals surface area (Å²) in [6.45, 7) is 4.77. The van der Waals surface area contributed by atoms with Crippen LogP contribution in [-0.4, -0.2) is 45.6 Å². The Hall–Kier alpha value is -1.36. The number of rotatable bonds is 5. The quantitative estimate of drug-likeness (QED) is 0.742. The first-order valence-corrected chi connectivity index (χ1v) is 5.16. The third-order valence-corrected chi connectivity index (χ3v) is 2.23. The number of aromatic amines is 1. The topological polar surface area (TPSA) is 69.2 Å². The van der Waals surface area contributed by atoms with Crippen LogP contribution in [0.25, 0.3) is 0 Å². The van der Waals surface area contributed by atoms with E-state index >= 15 is 0 Å². The number of aryl methyl sites for hydroxylation is 1. The van der Waals surface area contributed by atoms with E-state index in [1.165, 1.54) is 0 Å². The zero-order valence-electron chi connectivity index (χ0n) is 9.16. The van der Waals surface area contributed by atoms with Crippen LogP contribution in [-0.2, 0) is 6.42 Å². The molecule has 2 N–H and O–H groups in total. The first-order valence-electron chi connectivity index (χ1n) is 5.16. The highest BCUT2D eigenvalue weighted by molar-refractivity contribution is 5.92. The van der Waals surface area contributed by atoms with Crippen molar-refractivity contribution in [3.8, 4) is 0 Å². The lowest BCUT2D eigenvalue weighted by Gasteiger charge is -2.18. The standard InChI is InChI=1S/C10H17N3O2/c1-3-9-11-7-8(12-9)10(15)13(4-2)5-6-14/h7,14H,3-6H2,1-2H3,(H,11,12). The lowest BCUT2D eigenvalue weighted by atomic mass is 10.3. The van der Waals surface area contributed by atoms with Crippen LogP contribution in [0.4, 0.5) is 0 Å². The number of carbonyl (C=O) groups is 1. The van der Waals surface area contributed by atoms with E-state index in [1.54, 1.807) is 11.1 Å². The number of amides is 1. The van der Waals surface area contributed by atoms with Crippen LogP contribution in [0.1, 0.15) is 30.2 Å². The second kappa shape index (κ2) is 5.50. The minimum absolute atomic E-state index is 0.0195. The molecule has 1 rings (SSSR count). The zero-order chi connectivity index (χ0) is 11.3. The maximum absolute atomic E-state index is 11.8. The van der Waals surface area contributed by atoms with Crippen LogP contribution >= 0.6 is 0 Å². The molecule has 0 unspecified atom stereocenters. The van der Waals surface area contributed by atoms with Gasteiger partial charge in [0, 0.05) is 19.5 Å². The SMILES string of the molecule is CCc1ncc(C(=O)N(CC)CCO)[nH]1. The number of aromatic nitrogens is 2. The molecule has 0 bridgehead atoms. The molecule has 0 aliphatic heterocycles. The first-order chi connectivity index (χ1) is 7.22. The van der Waals surface area contributed by atoms with Crippen molar-refractivity contribution in [2.45, 2.75) is 20.3 Å². The number of nitrogens with zero attached hydrogens (tertiary/aromatic N) is 2. The van der Waals surface area contributed by atoms with Gasteiger partial charge in [-0.05, 0) is 6.92 Å². The number of H-pyrrole nitrogens is 1. The molecule has 1 heterocycles. The van der Waals surface area contributed by atoms with E-state index < -0.39 is 0 Å². The smallest absolute Gasteiger partial charge is 0.271 e. The molecular weight excluding hydrogens is 194 g/mol. The molecule has 0 aliphatic carbocycles. The zero-order valence-corrected chi connectivity index (χ0v) is 9.16. The van der Waals surface area contributed by atoms with Crippen molar-refractivity contribution in [2.24, 2.45) is 0 Å². The highest BCUT2D eigenvalue weighted by atomic mass is 16.3. The first kappa shape index (κ1) is 11.7. The average molecular weight is 211 g/mol. The summed E-state index contributed by atoms with van der Waals surface area (Å²) in [5.74, 6) is 0.692. The van der Waals surface area contributed by atoms with Crippen LogP contribution in [0, 0.1) is 0 Å². The van der Waals surface area contributed by atoms with Gasteiger partial charge in [0.1, 0.15) is 11.5 Å². The fourth-order valence-electron chi connectivity index (χ4n) is 1.35. The van der Waals surface area contributed by atoms with Crippen molar-refractivity contribution in [2.75, 3.05) is 19.7 Å². The highest BCUT2D eigenvalue weighted by Gasteiger charge is 2.15. The van der Waals surface area contributed by atoms with Gasteiger partial charge < -0.3 is 15.0 Å². The van der Waals surface area contributed by atoms with Crippen LogP contribution in [0.15, 0.2) is 6.20 Å². The fraction of sp³-hybridized carbons (Fsp3) is 0.600. The van der Waals surface area contributed by atoms with E-state index in [9.17, 15) is 4.79 Å². The maximum Gasteiger partial charge on any atom is 0.271 e. The van der Waals surface area contributed by atoms with Crippen molar-refractivity contribution in [1.29, 1.82) is 0 Å². The molecule has 0 saturated carbocycles. The second-order valence-corrected chi connectivity index (χ2v) is 3.21. The molecule has 0 spiro atoms. The number of aliphatic hydroxyl groups is 1. The van der Waals surface area contributed by atoms with E-state index in [-0.39, 0.29) is 12.5 Å². The molecule has 84 valence electrons. The average Bonchev–Trinajstić information content (AvgIpc) is 2.73. The van der Waals surface area contributed by atoms with Crippen molar-refractivity contribution in [3.05, 3.63) is 17.7 Å². The van der Waals surface area contributed by atoms with Gasteiger partial charge in [-0.2, -0.15) is 0 Å². The third-order valence-electron chi connectivity index (χ3n) is 2.23. The Morgan fingerprint density at radius 1 is 1.60 bits per heavy atom. The Labute approximate surface area is 89.1 Å². The Morgan fingerprint density at radius 2 is 2.33 bits per heavy atom. The molecule has 5 heteroatoms. The summed E-state index contributed by atoms with van der Waals surface area (Å²) in [6.07, 6.45) is 2.32. The lowest BCUT2D eigenvalue weighted by molar-refractivity contribution is 0.0726. The number of nitrogens with one attached hydrogen (secondary N) is 1. The van der Waals surface area contributed by atoms with Crippen LogP contribution < -0.4 is 0 Å². The summed E-state index contributed by atoms with van der Waals surface area (Å²) in [5.41, 5.74) is 0.488. The van der Waals surface area contributed by atoms with E-state index in [2.05, 4.69) is 9.97 Å². The summed E-state index contributed by atoms with van der Waals surface area (Å²) in [7, 11) is 0. The molecule has 0 radical (unpaired) electrons. The van der Waals surface area contributed by atoms with Crippen molar-refractivity contribution >= 4 is 5.91 Å². The maximum atomic E-state index is 11.8. The monoisotopic (exact) mass is 211 g/mol. The minimum atomic E-state index is -0.112. The number of likely N-dealkylation sites (N-methyl/N-ethyl adjacent to an activating group) is 1. The minimum Gasteiger partial charge on any atom is -0.395 e. The Morgan fingerprint density at radius 3 is 2.80 bits per heavy atom. The molecule has 1 amide bonds. The van der Waals surface area contributed by atoms with E-state index in [1.807, 2.05) is 13.8 Å². The molecular formula is C10H17N3O2. The normalized spacial score (nSPS) is 10.3. The summed E-state index contributed by atoms with van der Waals surface area (Å²) < 4.78 is 0. The Kier molecular flexibility index (Phi) is 4.30. The molecule has 1 aromatic heterocycles. The summed E-state index contributed by atoms with van der Waals surface area (Å²) in [5, 5.41) is 8.80. The second-order valence-electron chi connectivity index (χ2n) is 3.21. The van der Waals surface area contributed by atoms with Gasteiger partial charge in [-0.15, -0.1) is 0 Å². The van der Waals surface area contributed by atoms with Gasteiger partial charge in [0.2, 0.25) is 0 Å². The summed E-state index contributed by atoms with van der Waals surface area (Å²) >= 11 is 0. The number of aliphatic hydroxyl groups excluding tert-OH is 1. The van der Waals surface area contributed by atoms with Gasteiger partial charge in [-0.25, -0.2) is 4.98 Å². The molecule has 15 heavy (non-hydrogen) atoms. The van der Waals surface area contributed by atoms with E-state index in [0.29, 0.717) is 18.8 Å². The summed E-state index contributed by atoms with van der Waals surface area (Å²) in [6, 6.07) is 0. The molecule has 0 atom stereocenters. The highest BCUT2D eigenvalue weighted by Crippen LogP contribution is 2.03. The van der Waals surface area contributed by atoms with Crippen molar-refractivity contribution < 1.29 is 9.90 Å². The molecule has 0 aromatic carbocycles. The predicted molar refractivity (Wildman–Crippen MR) is 56.6 cm³/mol. The van der Waals surface area contributed by atoms with E-state index in [4.69, 9.17) is 5.11 Å². The van der Waals surface area contributed by atoms with Crippen LogP contribution in [0.5, 0.6) is 0 Å². The fourth-order valence-corrected chi connectivity index (χ4v) is 1.35. The van der Waals surface area contributed by atoms with Crippen molar-refractivity contribution in [3.63, 3.8) is 0 Å². The van der Waals surface area contributed by atoms with Crippen molar-refractivity contribution in [1.82, 2.24) is 14.9 Å². The molecule has 1 aromatic rings. The van der Waals surface area contributed by atoms with Gasteiger partial charge in [0.05, 0.1) is 12.8 Å². The number of imidazole rings is 1. The molecule has 0 saturated heterocycles. The Bertz CT molecular complexity index is 322. The largest absolute Gasteiger partial charge is 0.395 e. The van der Waals surface area contributed by atoms with Crippen LogP contribution in [0.3, 0.4) is 0 Å². The van der Waals surface area contributed by atoms with Gasteiger partial charge >= 0.3 is 0 Å². The van der Waals surface area contributed by atoms with E-state index in [0.717, 1.165) is 12.2 Å². The lowest BCUT2D eigenvalue weighted by Crippen LogP contribution is -2.33. The molecule has 0 aliphatic rings. The Balaban J connectivity index is 2.73. The predicted octanol–water partition coefficient (Wildman–Crippen LogP) is 0.426. The number of hydrogen-bond donors (Lipinski definition) is 2. The van der Waals surface area contributed by atoms with Gasteiger partial charge in [0.25, 0.3) is 5.91 Å². The van der Waals surface area contributed by atoms with Gasteiger partial charge in [-0.3, -0.25) is 4.79 Å². The van der Waals surface area contributed by atoms with Crippen LogP contribution in [0.2, 0.25) is 0 Å².